The van der Waals surface area contributed by atoms with E-state index in [2.05, 4.69) is 6.58 Å². The quantitative estimate of drug-likeness (QED) is 0.435. The Morgan fingerprint density at radius 1 is 1.55 bits per heavy atom. The molecule has 1 nitrogen and oxygen atoms in total. The summed E-state index contributed by atoms with van der Waals surface area (Å²) in [6.45, 7) is 5.55. The Labute approximate surface area is 68.1 Å². The third-order valence-electron chi connectivity index (χ3n) is 1.26. The number of hydrogen-bond donors (Lipinski definition) is 0. The second kappa shape index (κ2) is 7.00. The minimum atomic E-state index is 0.587. The van der Waals surface area contributed by atoms with Crippen LogP contribution in [0.2, 0.25) is 0 Å². The van der Waals surface area contributed by atoms with Crippen LogP contribution in [-0.2, 0) is 4.79 Å². The zero-order valence-electron chi connectivity index (χ0n) is 6.92. The van der Waals surface area contributed by atoms with Gasteiger partial charge in [0.1, 0.15) is 6.29 Å². The lowest BCUT2D eigenvalue weighted by molar-refractivity contribution is -0.107. The van der Waals surface area contributed by atoms with E-state index in [9.17, 15) is 4.79 Å². The standard InChI is InChI=1S/C10H14O/c1-3-6-10(7-4-2)8-5-9-11/h3-4,6-7,9H,1,5,8H2,2H3/b7-4-,10-6+. The maximum atomic E-state index is 10.0. The predicted octanol–water partition coefficient (Wildman–Crippen LogP) is 2.65. The molecule has 11 heavy (non-hydrogen) atoms. The van der Waals surface area contributed by atoms with E-state index in [0.717, 1.165) is 18.3 Å². The first kappa shape index (κ1) is 9.89. The number of allylic oxidation sites excluding steroid dienone is 5. The zero-order chi connectivity index (χ0) is 8.53. The first-order valence-electron chi connectivity index (χ1n) is 3.73. The van der Waals surface area contributed by atoms with Crippen molar-refractivity contribution < 1.29 is 4.79 Å². The summed E-state index contributed by atoms with van der Waals surface area (Å²) in [5.74, 6) is 0. The van der Waals surface area contributed by atoms with Gasteiger partial charge in [-0.3, -0.25) is 0 Å². The summed E-state index contributed by atoms with van der Waals surface area (Å²) in [6.07, 6.45) is 9.93. The topological polar surface area (TPSA) is 17.1 Å². The Balaban J connectivity index is 3.98. The van der Waals surface area contributed by atoms with Gasteiger partial charge in [0.2, 0.25) is 0 Å². The van der Waals surface area contributed by atoms with Crippen LogP contribution in [0.1, 0.15) is 19.8 Å². The molecule has 1 heteroatoms. The molecular formula is C10H14O. The Hall–Kier alpha value is -1.11. The van der Waals surface area contributed by atoms with Crippen LogP contribution >= 0.6 is 0 Å². The SMILES string of the molecule is C=C/C=C(\C=C/C)CCC=O. The highest BCUT2D eigenvalue weighted by Crippen LogP contribution is 2.05. The maximum absolute atomic E-state index is 10.0. The van der Waals surface area contributed by atoms with Crippen LogP contribution in [0.15, 0.2) is 36.5 Å². The van der Waals surface area contributed by atoms with E-state index >= 15 is 0 Å². The van der Waals surface area contributed by atoms with E-state index in [1.165, 1.54) is 0 Å². The van der Waals surface area contributed by atoms with Crippen molar-refractivity contribution in [2.75, 3.05) is 0 Å². The van der Waals surface area contributed by atoms with E-state index < -0.39 is 0 Å². The summed E-state index contributed by atoms with van der Waals surface area (Å²) in [5, 5.41) is 0. The van der Waals surface area contributed by atoms with E-state index in [1.807, 2.05) is 25.2 Å². The molecule has 0 aliphatic carbocycles. The van der Waals surface area contributed by atoms with Crippen molar-refractivity contribution >= 4 is 6.29 Å². The van der Waals surface area contributed by atoms with Gasteiger partial charge in [0.15, 0.2) is 0 Å². The van der Waals surface area contributed by atoms with Crippen molar-refractivity contribution in [1.82, 2.24) is 0 Å². The Morgan fingerprint density at radius 2 is 2.27 bits per heavy atom. The number of hydrogen-bond acceptors (Lipinski definition) is 1. The average molecular weight is 150 g/mol. The van der Waals surface area contributed by atoms with E-state index in [0.29, 0.717) is 6.42 Å². The van der Waals surface area contributed by atoms with Crippen molar-refractivity contribution in [2.45, 2.75) is 19.8 Å². The minimum absolute atomic E-state index is 0.587. The lowest BCUT2D eigenvalue weighted by atomic mass is 10.1. The predicted molar refractivity (Wildman–Crippen MR) is 48.4 cm³/mol. The first-order chi connectivity index (χ1) is 5.35. The molecule has 0 aliphatic rings. The summed E-state index contributed by atoms with van der Waals surface area (Å²) in [5.41, 5.74) is 1.15. The van der Waals surface area contributed by atoms with E-state index in [1.54, 1.807) is 6.08 Å². The van der Waals surface area contributed by atoms with Gasteiger partial charge in [0.05, 0.1) is 0 Å². The third kappa shape index (κ3) is 5.34. The lowest BCUT2D eigenvalue weighted by Gasteiger charge is -1.94. The van der Waals surface area contributed by atoms with E-state index in [4.69, 9.17) is 0 Å². The number of carbonyl (C=O) groups excluding carboxylic acids is 1. The zero-order valence-corrected chi connectivity index (χ0v) is 6.92. The van der Waals surface area contributed by atoms with Gasteiger partial charge in [-0.05, 0) is 18.9 Å². The Morgan fingerprint density at radius 3 is 2.73 bits per heavy atom. The van der Waals surface area contributed by atoms with Crippen LogP contribution in [0, 0.1) is 0 Å². The molecule has 0 bridgehead atoms. The van der Waals surface area contributed by atoms with Crippen molar-refractivity contribution in [2.24, 2.45) is 0 Å². The molecule has 0 radical (unpaired) electrons. The fourth-order valence-electron chi connectivity index (χ4n) is 0.813. The molecule has 0 N–H and O–H groups in total. The van der Waals surface area contributed by atoms with Crippen molar-refractivity contribution in [3.63, 3.8) is 0 Å². The summed E-state index contributed by atoms with van der Waals surface area (Å²) in [4.78, 5) is 10.0. The third-order valence-corrected chi connectivity index (χ3v) is 1.26. The van der Waals surface area contributed by atoms with Crippen LogP contribution in [-0.4, -0.2) is 6.29 Å². The van der Waals surface area contributed by atoms with Crippen molar-refractivity contribution in [3.05, 3.63) is 36.5 Å². The minimum Gasteiger partial charge on any atom is -0.303 e. The van der Waals surface area contributed by atoms with Crippen molar-refractivity contribution in [1.29, 1.82) is 0 Å². The maximum Gasteiger partial charge on any atom is 0.120 e. The number of aldehydes is 1. The van der Waals surface area contributed by atoms with Gasteiger partial charge in [0.25, 0.3) is 0 Å². The van der Waals surface area contributed by atoms with Gasteiger partial charge in [-0.15, -0.1) is 0 Å². The average Bonchev–Trinajstić information content (AvgIpc) is 2.01. The highest BCUT2D eigenvalue weighted by molar-refractivity contribution is 5.50. The van der Waals surface area contributed by atoms with Gasteiger partial charge in [0, 0.05) is 6.42 Å². The molecule has 0 saturated heterocycles. The van der Waals surface area contributed by atoms with Gasteiger partial charge in [-0.25, -0.2) is 0 Å². The molecular weight excluding hydrogens is 136 g/mol. The van der Waals surface area contributed by atoms with Gasteiger partial charge >= 0.3 is 0 Å². The van der Waals surface area contributed by atoms with Crippen LogP contribution < -0.4 is 0 Å². The smallest absolute Gasteiger partial charge is 0.120 e. The van der Waals surface area contributed by atoms with E-state index in [-0.39, 0.29) is 0 Å². The fourth-order valence-corrected chi connectivity index (χ4v) is 0.813. The summed E-state index contributed by atoms with van der Waals surface area (Å²) >= 11 is 0. The largest absolute Gasteiger partial charge is 0.303 e. The number of rotatable bonds is 5. The molecule has 0 aliphatic heterocycles. The van der Waals surface area contributed by atoms with Gasteiger partial charge in [-0.2, -0.15) is 0 Å². The molecule has 0 fully saturated rings. The number of carbonyl (C=O) groups is 1. The monoisotopic (exact) mass is 150 g/mol. The summed E-state index contributed by atoms with van der Waals surface area (Å²) < 4.78 is 0. The normalized spacial score (nSPS) is 11.9. The molecule has 0 aromatic carbocycles. The molecule has 0 heterocycles. The molecule has 60 valence electrons. The molecule has 0 aromatic heterocycles. The van der Waals surface area contributed by atoms with Gasteiger partial charge < -0.3 is 4.79 Å². The molecule has 0 atom stereocenters. The van der Waals surface area contributed by atoms with Crippen LogP contribution in [0.25, 0.3) is 0 Å². The van der Waals surface area contributed by atoms with Crippen molar-refractivity contribution in [3.8, 4) is 0 Å². The molecule has 0 spiro atoms. The van der Waals surface area contributed by atoms with Crippen LogP contribution in [0.5, 0.6) is 0 Å². The molecule has 0 rings (SSSR count). The van der Waals surface area contributed by atoms with Gasteiger partial charge in [-0.1, -0.05) is 30.9 Å². The second-order valence-electron chi connectivity index (χ2n) is 2.18. The summed E-state index contributed by atoms with van der Waals surface area (Å²) in [7, 11) is 0. The fraction of sp³-hybridized carbons (Fsp3) is 0.300. The lowest BCUT2D eigenvalue weighted by Crippen LogP contribution is -1.79. The highest BCUT2D eigenvalue weighted by Gasteiger charge is 1.88. The first-order valence-corrected chi connectivity index (χ1v) is 3.73. The van der Waals surface area contributed by atoms with Crippen LogP contribution in [0.4, 0.5) is 0 Å². The highest BCUT2D eigenvalue weighted by atomic mass is 16.1. The Bertz CT molecular complexity index is 175. The molecule has 0 amide bonds. The Kier molecular flexibility index (Phi) is 6.30. The van der Waals surface area contributed by atoms with Crippen LogP contribution in [0.3, 0.4) is 0 Å². The molecule has 0 saturated carbocycles. The molecule has 0 aromatic rings. The second-order valence-corrected chi connectivity index (χ2v) is 2.18. The molecule has 0 unspecified atom stereocenters. The summed E-state index contributed by atoms with van der Waals surface area (Å²) in [6, 6.07) is 0.